The van der Waals surface area contributed by atoms with E-state index < -0.39 is 30.5 Å². The fourth-order valence-corrected chi connectivity index (χ4v) is 3.09. The Morgan fingerprint density at radius 2 is 1.85 bits per heavy atom. The Morgan fingerprint density at radius 3 is 2.52 bits per heavy atom. The summed E-state index contributed by atoms with van der Waals surface area (Å²) in [6, 6.07) is 10.6. The van der Waals surface area contributed by atoms with Crippen LogP contribution >= 0.6 is 15.9 Å². The van der Waals surface area contributed by atoms with E-state index in [-0.39, 0.29) is 17.9 Å². The summed E-state index contributed by atoms with van der Waals surface area (Å²) in [6.45, 7) is -0.350. The first-order chi connectivity index (χ1) is 12.8. The van der Waals surface area contributed by atoms with Gasteiger partial charge in [0.25, 0.3) is 0 Å². The number of nitrogens with one attached hydrogen (secondary N) is 2. The van der Waals surface area contributed by atoms with Crippen molar-refractivity contribution in [2.45, 2.75) is 18.6 Å². The number of rotatable bonds is 3. The van der Waals surface area contributed by atoms with Gasteiger partial charge in [0.1, 0.15) is 6.04 Å². The average Bonchev–Trinajstić information content (AvgIpc) is 2.76. The van der Waals surface area contributed by atoms with Crippen molar-refractivity contribution < 1.29 is 22.8 Å². The standard InChI is InChI=1S/C18H15BrF3N3O2/c19-11-5-7-12(8-6-11)23-10-17(27)25-14-4-2-1-3-13(14)24-16(26)9-15(25)18(20,21)22/h1-8,15,23H,9-10H2,(H,24,26). The molecule has 1 atom stereocenters. The monoisotopic (exact) mass is 441 g/mol. The van der Waals surface area contributed by atoms with Crippen molar-refractivity contribution in [1.82, 2.24) is 0 Å². The van der Waals surface area contributed by atoms with Crippen LogP contribution < -0.4 is 15.5 Å². The third kappa shape index (κ3) is 4.41. The highest BCUT2D eigenvalue weighted by Gasteiger charge is 2.48. The molecule has 2 aromatic rings. The molecule has 0 aliphatic carbocycles. The first-order valence-corrected chi connectivity index (χ1v) is 8.82. The number of benzene rings is 2. The van der Waals surface area contributed by atoms with Crippen molar-refractivity contribution in [3.8, 4) is 0 Å². The van der Waals surface area contributed by atoms with Gasteiger partial charge >= 0.3 is 6.18 Å². The van der Waals surface area contributed by atoms with Gasteiger partial charge in [-0.2, -0.15) is 13.2 Å². The summed E-state index contributed by atoms with van der Waals surface area (Å²) >= 11 is 3.28. The second kappa shape index (κ2) is 7.59. The Bertz CT molecular complexity index is 856. The molecule has 0 bridgehead atoms. The average molecular weight is 442 g/mol. The molecule has 1 aliphatic heterocycles. The van der Waals surface area contributed by atoms with Gasteiger partial charge in [-0.3, -0.25) is 14.5 Å². The molecule has 1 aliphatic rings. The molecule has 1 unspecified atom stereocenters. The molecule has 0 radical (unpaired) electrons. The Morgan fingerprint density at radius 1 is 1.19 bits per heavy atom. The molecule has 3 rings (SSSR count). The first kappa shape index (κ1) is 19.2. The van der Waals surface area contributed by atoms with Gasteiger partial charge in [-0.05, 0) is 36.4 Å². The van der Waals surface area contributed by atoms with E-state index in [1.807, 2.05) is 0 Å². The van der Waals surface area contributed by atoms with Crippen LogP contribution in [0.2, 0.25) is 0 Å². The summed E-state index contributed by atoms with van der Waals surface area (Å²) in [5.74, 6) is -1.58. The number of carbonyl (C=O) groups is 2. The maximum absolute atomic E-state index is 13.6. The number of amides is 2. The third-order valence-corrected chi connectivity index (χ3v) is 4.59. The first-order valence-electron chi connectivity index (χ1n) is 8.03. The number of alkyl halides is 3. The second-order valence-corrected chi connectivity index (χ2v) is 6.87. The molecule has 2 aromatic carbocycles. The molecule has 27 heavy (non-hydrogen) atoms. The molecule has 0 saturated heterocycles. The van der Waals surface area contributed by atoms with Gasteiger partial charge in [0.15, 0.2) is 0 Å². The van der Waals surface area contributed by atoms with Gasteiger partial charge in [0.05, 0.1) is 24.3 Å². The van der Waals surface area contributed by atoms with Gasteiger partial charge in [-0.15, -0.1) is 0 Å². The molecule has 0 aromatic heterocycles. The highest BCUT2D eigenvalue weighted by molar-refractivity contribution is 9.10. The number of anilines is 3. The number of carbonyl (C=O) groups excluding carboxylic acids is 2. The van der Waals surface area contributed by atoms with Crippen LogP contribution in [0.15, 0.2) is 53.0 Å². The number of fused-ring (bicyclic) bond motifs is 1. The van der Waals surface area contributed by atoms with Crippen LogP contribution in [0.1, 0.15) is 6.42 Å². The lowest BCUT2D eigenvalue weighted by molar-refractivity contribution is -0.157. The quantitative estimate of drug-likeness (QED) is 0.751. The van der Waals surface area contributed by atoms with Crippen molar-refractivity contribution in [3.05, 3.63) is 53.0 Å². The largest absolute Gasteiger partial charge is 0.409 e. The second-order valence-electron chi connectivity index (χ2n) is 5.95. The van der Waals surface area contributed by atoms with Crippen molar-refractivity contribution in [2.24, 2.45) is 0 Å². The van der Waals surface area contributed by atoms with Gasteiger partial charge < -0.3 is 10.6 Å². The predicted molar refractivity (Wildman–Crippen MR) is 99.6 cm³/mol. The van der Waals surface area contributed by atoms with Gasteiger partial charge in [-0.25, -0.2) is 0 Å². The molecule has 5 nitrogen and oxygen atoms in total. The summed E-state index contributed by atoms with van der Waals surface area (Å²) in [7, 11) is 0. The Hall–Kier alpha value is -2.55. The zero-order valence-corrected chi connectivity index (χ0v) is 15.5. The third-order valence-electron chi connectivity index (χ3n) is 4.06. The van der Waals surface area contributed by atoms with Gasteiger partial charge in [0, 0.05) is 10.2 Å². The molecular weight excluding hydrogens is 427 g/mol. The summed E-state index contributed by atoms with van der Waals surface area (Å²) in [5, 5.41) is 5.25. The van der Waals surface area contributed by atoms with Crippen LogP contribution in [0, 0.1) is 0 Å². The summed E-state index contributed by atoms with van der Waals surface area (Å²) in [5.41, 5.74) is 0.784. The predicted octanol–water partition coefficient (Wildman–Crippen LogP) is 4.17. The van der Waals surface area contributed by atoms with Crippen LogP contribution in [0.5, 0.6) is 0 Å². The molecule has 0 fully saturated rings. The summed E-state index contributed by atoms with van der Waals surface area (Å²) < 4.78 is 41.7. The number of nitrogens with zero attached hydrogens (tertiary/aromatic N) is 1. The van der Waals surface area contributed by atoms with Crippen LogP contribution in [-0.2, 0) is 9.59 Å². The zero-order valence-electron chi connectivity index (χ0n) is 13.9. The zero-order chi connectivity index (χ0) is 19.6. The molecule has 0 saturated carbocycles. The Kier molecular flexibility index (Phi) is 5.41. The van der Waals surface area contributed by atoms with Crippen molar-refractivity contribution >= 4 is 44.8 Å². The highest BCUT2D eigenvalue weighted by Crippen LogP contribution is 2.37. The summed E-state index contributed by atoms with van der Waals surface area (Å²) in [6.07, 6.45) is -5.61. The number of hydrogen-bond acceptors (Lipinski definition) is 3. The normalized spacial score (nSPS) is 17.0. The Balaban J connectivity index is 1.91. The lowest BCUT2D eigenvalue weighted by Crippen LogP contribution is -2.51. The smallest absolute Gasteiger partial charge is 0.376 e. The van der Waals surface area contributed by atoms with E-state index in [9.17, 15) is 22.8 Å². The molecule has 1 heterocycles. The van der Waals surface area contributed by atoms with E-state index in [1.165, 1.54) is 18.2 Å². The lowest BCUT2D eigenvalue weighted by atomic mass is 10.1. The van der Waals surface area contributed by atoms with Gasteiger partial charge in [0.2, 0.25) is 11.8 Å². The molecule has 9 heteroatoms. The topological polar surface area (TPSA) is 61.4 Å². The molecule has 0 spiro atoms. The minimum absolute atomic E-state index is 0.0216. The van der Waals surface area contributed by atoms with Crippen molar-refractivity contribution in [1.29, 1.82) is 0 Å². The molecular formula is C18H15BrF3N3O2. The maximum Gasteiger partial charge on any atom is 0.409 e. The highest BCUT2D eigenvalue weighted by atomic mass is 79.9. The summed E-state index contributed by atoms with van der Waals surface area (Å²) in [4.78, 5) is 25.3. The van der Waals surface area contributed by atoms with Crippen LogP contribution in [0.25, 0.3) is 0 Å². The minimum Gasteiger partial charge on any atom is -0.376 e. The number of para-hydroxylation sites is 2. The van der Waals surface area contributed by atoms with E-state index >= 15 is 0 Å². The van der Waals surface area contributed by atoms with E-state index in [1.54, 1.807) is 30.3 Å². The number of halogens is 4. The SMILES string of the molecule is O=C1CC(C(F)(F)F)N(C(=O)CNc2ccc(Br)cc2)c2ccccc2N1. The Labute approximate surface area is 161 Å². The van der Waals surface area contributed by atoms with Gasteiger partial charge in [-0.1, -0.05) is 28.1 Å². The maximum atomic E-state index is 13.6. The van der Waals surface area contributed by atoms with E-state index in [4.69, 9.17) is 0 Å². The molecule has 142 valence electrons. The fraction of sp³-hybridized carbons (Fsp3) is 0.222. The van der Waals surface area contributed by atoms with Crippen LogP contribution in [-0.4, -0.2) is 30.6 Å². The van der Waals surface area contributed by atoms with Crippen molar-refractivity contribution in [2.75, 3.05) is 22.1 Å². The van der Waals surface area contributed by atoms with E-state index in [0.717, 1.165) is 4.47 Å². The fourth-order valence-electron chi connectivity index (χ4n) is 2.83. The minimum atomic E-state index is -4.75. The number of hydrogen-bond donors (Lipinski definition) is 2. The molecule has 2 amide bonds. The molecule has 2 N–H and O–H groups in total. The van der Waals surface area contributed by atoms with E-state index in [2.05, 4.69) is 26.6 Å². The lowest BCUT2D eigenvalue weighted by Gasteiger charge is -2.31. The van der Waals surface area contributed by atoms with Crippen molar-refractivity contribution in [3.63, 3.8) is 0 Å². The van der Waals surface area contributed by atoms with Crippen LogP contribution in [0.3, 0.4) is 0 Å². The van der Waals surface area contributed by atoms with Crippen LogP contribution in [0.4, 0.5) is 30.2 Å². The van der Waals surface area contributed by atoms with E-state index in [0.29, 0.717) is 10.6 Å².